The van der Waals surface area contributed by atoms with Crippen molar-refractivity contribution in [3.05, 3.63) is 135 Å². The van der Waals surface area contributed by atoms with Crippen molar-refractivity contribution in [2.75, 3.05) is 18.1 Å². The quantitative estimate of drug-likeness (QED) is 0.0221. The average Bonchev–Trinajstić information content (AvgIpc) is 1.67. The number of β-amino-alcohol motifs (C(OH)–C–C–N with tert-alkyl or cyclic N) is 1. The normalized spacial score (nSPS) is 18.4. The van der Waals surface area contributed by atoms with Crippen LogP contribution in [0.4, 0.5) is 5.69 Å². The largest absolute Gasteiger partial charge is 0.491 e. The average molecular weight is 1260 g/mol. The Hall–Kier alpha value is -7.79. The molecule has 5 heterocycles. The molecule has 466 valence electrons. The van der Waals surface area contributed by atoms with Crippen molar-refractivity contribution in [2.24, 2.45) is 11.1 Å². The Bertz CT molecular complexity index is 3710. The summed E-state index contributed by atoms with van der Waals surface area (Å²) in [6.07, 6.45) is 2.38. The molecule has 0 radical (unpaired) electrons. The lowest BCUT2D eigenvalue weighted by molar-refractivity contribution is -0.144. The van der Waals surface area contributed by atoms with Crippen LogP contribution in [-0.4, -0.2) is 126 Å². The third-order valence-electron chi connectivity index (χ3n) is 16.4. The number of hydrogen-bond acceptors (Lipinski definition) is 13. The predicted octanol–water partition coefficient (Wildman–Crippen LogP) is 6.88. The van der Waals surface area contributed by atoms with Crippen LogP contribution >= 0.6 is 30.5 Å². The number of nitrogens with two attached hydrogens (primary N) is 1. The maximum absolute atomic E-state index is 14.6. The van der Waals surface area contributed by atoms with Gasteiger partial charge in [0.1, 0.15) is 42.2 Å². The second-order valence-corrected chi connectivity index (χ2v) is 26.7. The standard InChI is InChI=1S/C63H73ClN9O13PS/c1-34(36-14-16-38(17-15-36)55-35(2)66-33-88-55)67-58(78)50-30-44(74)31-72(50)61(81)56(63(3,4)5)71-53(76)13-8-6-7-10-39-27-45(21-22-46(39)64)86-32-43(20-25-52(65)75)68-59(79)51-29-40-12-9-11-37-18-24-48(60(80)73(51)54(37)40)70-57(77)49-28-42-26-41(19-23-47(42)69-49)62(82)87(83,84)85/h9,11-12,14-17,19,21-23,26-28,33-34,43-44,48,50-51,56,69,74H,6-8,10,13,18,20,24-25,29-32H2,1-5H3,(H2,65,75)(H,67,78)(H,68,79)(H,70,77)(H,71,76)(H2,83,84,85)/t34-,43-,44+,48-,50-,51-,56+/m0/s1. The van der Waals surface area contributed by atoms with Gasteiger partial charge in [0, 0.05) is 53.7 Å². The van der Waals surface area contributed by atoms with Gasteiger partial charge in [-0.3, -0.25) is 47.8 Å². The number of nitrogens with one attached hydrogen (secondary N) is 5. The summed E-state index contributed by atoms with van der Waals surface area (Å²) in [4.78, 5) is 139. The number of ether oxygens (including phenoxy) is 1. The van der Waals surface area contributed by atoms with E-state index in [1.54, 1.807) is 35.0 Å². The van der Waals surface area contributed by atoms with Crippen molar-refractivity contribution < 1.29 is 62.6 Å². The van der Waals surface area contributed by atoms with Gasteiger partial charge in [-0.05, 0) is 128 Å². The number of amides is 7. The molecule has 1 fully saturated rings. The van der Waals surface area contributed by atoms with Crippen LogP contribution in [0.1, 0.15) is 134 Å². The summed E-state index contributed by atoms with van der Waals surface area (Å²) in [7, 11) is -5.06. The number of likely N-dealkylation sites (tertiary alicyclic amines) is 1. The molecule has 25 heteroatoms. The Labute approximate surface area is 517 Å². The number of unbranched alkanes of at least 4 members (excludes halogenated alkanes) is 2. The van der Waals surface area contributed by atoms with E-state index in [0.29, 0.717) is 59.5 Å². The van der Waals surface area contributed by atoms with Crippen molar-refractivity contribution in [3.63, 3.8) is 0 Å². The number of aliphatic hydroxyl groups is 1. The molecule has 0 saturated carbocycles. The third kappa shape index (κ3) is 15.2. The van der Waals surface area contributed by atoms with Crippen molar-refractivity contribution >= 4 is 94.0 Å². The molecule has 3 aliphatic heterocycles. The van der Waals surface area contributed by atoms with Crippen LogP contribution in [-0.2, 0) is 52.6 Å². The number of fused-ring (bicyclic) bond motifs is 1. The summed E-state index contributed by atoms with van der Waals surface area (Å²) in [5.41, 5.74) is 11.2. The number of benzene rings is 4. The van der Waals surface area contributed by atoms with E-state index < -0.39 is 90.3 Å². The summed E-state index contributed by atoms with van der Waals surface area (Å²) in [5, 5.41) is 23.3. The van der Waals surface area contributed by atoms with Crippen LogP contribution in [0.25, 0.3) is 21.3 Å². The molecule has 0 bridgehead atoms. The SMILES string of the molecule is Cc1ncsc1-c1ccc([C@H](C)NC(=O)[C@@H]2C[C@@H](O)CN2C(=O)[C@@H](NC(=O)CCCCCc2cc(OC[C@H](CCC(N)=O)NC(=O)[C@@H]3Cc4cccc5c4N3C(=O)[C@@H](NC(=O)c3cc4cc(C(=O)P(=O)(O)O)ccc4[nH]3)CC5)ccc2Cl)C(C)(C)C)cc1. The monoisotopic (exact) mass is 1260 g/mol. The zero-order chi connectivity index (χ0) is 63.4. The number of aromatic nitrogens is 2. The number of thiazole rings is 1. The molecule has 4 aromatic carbocycles. The molecule has 7 amide bonds. The highest BCUT2D eigenvalue weighted by Crippen LogP contribution is 2.41. The summed E-state index contributed by atoms with van der Waals surface area (Å²) < 4.78 is 17.8. The summed E-state index contributed by atoms with van der Waals surface area (Å²) >= 11 is 8.23. The van der Waals surface area contributed by atoms with E-state index in [-0.39, 0.29) is 74.9 Å². The van der Waals surface area contributed by atoms with E-state index in [4.69, 9.17) is 22.1 Å². The number of carbonyl (C=O) groups is 8. The molecule has 9 rings (SSSR count). The number of para-hydroxylation sites is 1. The lowest BCUT2D eigenvalue weighted by atomic mass is 9.85. The lowest BCUT2D eigenvalue weighted by Crippen LogP contribution is -2.57. The van der Waals surface area contributed by atoms with Crippen LogP contribution in [0.3, 0.4) is 0 Å². The molecule has 22 nitrogen and oxygen atoms in total. The van der Waals surface area contributed by atoms with Crippen LogP contribution in [0.15, 0.2) is 90.4 Å². The number of aryl methyl sites for hydroxylation is 3. The van der Waals surface area contributed by atoms with Gasteiger partial charge in [0.25, 0.3) is 11.4 Å². The first-order valence-electron chi connectivity index (χ1n) is 29.3. The van der Waals surface area contributed by atoms with Crippen LogP contribution in [0.2, 0.25) is 5.02 Å². The minimum atomic E-state index is -5.06. The van der Waals surface area contributed by atoms with Gasteiger partial charge in [-0.2, -0.15) is 0 Å². The molecule has 0 aliphatic carbocycles. The Morgan fingerprint density at radius 2 is 1.65 bits per heavy atom. The number of nitrogens with zero attached hydrogens (tertiary/aromatic N) is 3. The Morgan fingerprint density at radius 1 is 0.909 bits per heavy atom. The van der Waals surface area contributed by atoms with Crippen molar-refractivity contribution in [2.45, 2.75) is 148 Å². The molecule has 0 unspecified atom stereocenters. The summed E-state index contributed by atoms with van der Waals surface area (Å²) in [5.74, 6) is -3.03. The smallest absolute Gasteiger partial charge is 0.396 e. The zero-order valence-electron chi connectivity index (χ0n) is 49.5. The van der Waals surface area contributed by atoms with Gasteiger partial charge in [0.2, 0.25) is 35.4 Å². The van der Waals surface area contributed by atoms with Gasteiger partial charge in [-0.15, -0.1) is 11.3 Å². The fourth-order valence-corrected chi connectivity index (χ4v) is 13.1. The summed E-state index contributed by atoms with van der Waals surface area (Å²) in [6, 6.07) is 18.7. The second kappa shape index (κ2) is 27.3. The molecule has 0 spiro atoms. The molecule has 88 heavy (non-hydrogen) atoms. The lowest BCUT2D eigenvalue weighted by Gasteiger charge is -2.35. The molecule has 7 atom stereocenters. The van der Waals surface area contributed by atoms with Gasteiger partial charge in [-0.25, -0.2) is 4.98 Å². The number of hydrogen-bond donors (Lipinski definition) is 9. The molecule has 2 aromatic heterocycles. The molecular formula is C63H73ClN9O13PS. The fraction of sp³-hybridized carbons (Fsp3) is 0.413. The molecule has 3 aliphatic rings. The molecular weight excluding hydrogens is 1190 g/mol. The zero-order valence-corrected chi connectivity index (χ0v) is 51.9. The van der Waals surface area contributed by atoms with E-state index in [2.05, 4.69) is 31.2 Å². The minimum Gasteiger partial charge on any atom is -0.491 e. The molecule has 6 aromatic rings. The van der Waals surface area contributed by atoms with Crippen molar-refractivity contribution in [3.8, 4) is 16.2 Å². The number of rotatable bonds is 24. The number of halogens is 1. The van der Waals surface area contributed by atoms with Gasteiger partial charge < -0.3 is 56.5 Å². The number of primary amides is 1. The van der Waals surface area contributed by atoms with E-state index in [1.165, 1.54) is 34.1 Å². The van der Waals surface area contributed by atoms with Crippen LogP contribution < -0.4 is 36.6 Å². The Kier molecular flexibility index (Phi) is 20.1. The number of aliphatic hydroxyl groups excluding tert-OH is 1. The van der Waals surface area contributed by atoms with Gasteiger partial charge in [0.05, 0.1) is 40.0 Å². The number of H-pyrrole nitrogens is 1. The first-order valence-corrected chi connectivity index (χ1v) is 32.2. The van der Waals surface area contributed by atoms with E-state index >= 15 is 0 Å². The van der Waals surface area contributed by atoms with Gasteiger partial charge >= 0.3 is 7.60 Å². The van der Waals surface area contributed by atoms with Gasteiger partial charge in [0.15, 0.2) is 0 Å². The topological polar surface area (TPSA) is 333 Å². The van der Waals surface area contributed by atoms with Crippen LogP contribution in [0.5, 0.6) is 5.75 Å². The van der Waals surface area contributed by atoms with Crippen LogP contribution in [0, 0.1) is 12.3 Å². The molecule has 1 saturated heterocycles. The molecule has 10 N–H and O–H groups in total. The maximum Gasteiger partial charge on any atom is 0.396 e. The fourth-order valence-electron chi connectivity index (χ4n) is 11.6. The second-order valence-electron chi connectivity index (χ2n) is 24.0. The Balaban J connectivity index is 0.768. The maximum atomic E-state index is 14.6. The van der Waals surface area contributed by atoms with Crippen molar-refractivity contribution in [1.82, 2.24) is 36.1 Å². The number of anilines is 1. The minimum absolute atomic E-state index is 0.0270. The van der Waals surface area contributed by atoms with E-state index in [9.17, 15) is 57.8 Å². The van der Waals surface area contributed by atoms with E-state index in [1.807, 2.05) is 77.1 Å². The number of aromatic amines is 1. The van der Waals surface area contributed by atoms with Crippen molar-refractivity contribution in [1.29, 1.82) is 0 Å². The van der Waals surface area contributed by atoms with Gasteiger partial charge in [-0.1, -0.05) is 81.3 Å². The number of carbonyl (C=O) groups excluding carboxylic acids is 8. The first-order chi connectivity index (χ1) is 41.7. The highest BCUT2D eigenvalue weighted by molar-refractivity contribution is 7.70. The Morgan fingerprint density at radius 3 is 2.35 bits per heavy atom. The summed E-state index contributed by atoms with van der Waals surface area (Å²) in [6.45, 7) is 9.19. The van der Waals surface area contributed by atoms with E-state index in [0.717, 1.165) is 38.4 Å². The first kappa shape index (κ1) is 64.7. The third-order valence-corrected chi connectivity index (χ3v) is 18.5. The highest BCUT2D eigenvalue weighted by atomic mass is 35.5. The predicted molar refractivity (Wildman–Crippen MR) is 332 cm³/mol. The highest BCUT2D eigenvalue weighted by Gasteiger charge is 2.46.